The molecule has 0 aliphatic heterocycles. The van der Waals surface area contributed by atoms with E-state index >= 15 is 0 Å². The summed E-state index contributed by atoms with van der Waals surface area (Å²) >= 11 is 0. The van der Waals surface area contributed by atoms with Crippen molar-refractivity contribution in [2.45, 2.75) is 52.2 Å². The summed E-state index contributed by atoms with van der Waals surface area (Å²) in [6, 6.07) is 16.5. The van der Waals surface area contributed by atoms with Crippen molar-refractivity contribution in [2.24, 2.45) is 28.1 Å². The van der Waals surface area contributed by atoms with E-state index in [9.17, 15) is 19.5 Å². The number of carbonyl (C=O) groups is 3. The summed E-state index contributed by atoms with van der Waals surface area (Å²) in [4.78, 5) is 38.3. The molecule has 2 aromatic carbocycles. The first-order chi connectivity index (χ1) is 17.6. The monoisotopic (exact) mass is 501 g/mol. The lowest BCUT2D eigenvalue weighted by Crippen LogP contribution is -2.41. The van der Waals surface area contributed by atoms with Crippen molar-refractivity contribution in [1.29, 1.82) is 0 Å². The molecule has 3 aliphatic carbocycles. The van der Waals surface area contributed by atoms with Crippen molar-refractivity contribution in [3.05, 3.63) is 83.4 Å². The van der Waals surface area contributed by atoms with Gasteiger partial charge in [-0.3, -0.25) is 4.79 Å². The first kappa shape index (κ1) is 25.4. The van der Waals surface area contributed by atoms with Crippen LogP contribution < -0.4 is 5.32 Å². The SMILES string of the molecule is CC1(C)C[C@H]2C=C(COC(=O)[C@H](O)[C@@H](NC(=O)c3ccccc3)c3ccccc3)[C@]3(C=O)C[C@]3(C)[C@H]2C1. The highest BCUT2D eigenvalue weighted by Gasteiger charge is 2.73. The molecule has 2 N–H and O–H groups in total. The second-order valence-electron chi connectivity index (χ2n) is 12.0. The van der Waals surface area contributed by atoms with Crippen molar-refractivity contribution >= 4 is 18.2 Å². The van der Waals surface area contributed by atoms with Crippen molar-refractivity contribution < 1.29 is 24.2 Å². The Morgan fingerprint density at radius 2 is 1.70 bits per heavy atom. The smallest absolute Gasteiger partial charge is 0.337 e. The molecule has 0 spiro atoms. The fourth-order valence-electron chi connectivity index (χ4n) is 6.99. The van der Waals surface area contributed by atoms with Crippen LogP contribution >= 0.6 is 0 Å². The highest BCUT2D eigenvalue weighted by Crippen LogP contribution is 2.77. The molecule has 2 aromatic rings. The molecular weight excluding hydrogens is 466 g/mol. The number of allylic oxidation sites excluding steroid dienone is 1. The topological polar surface area (TPSA) is 92.7 Å². The molecule has 3 aliphatic rings. The maximum Gasteiger partial charge on any atom is 0.337 e. The van der Waals surface area contributed by atoms with E-state index in [1.54, 1.807) is 48.5 Å². The van der Waals surface area contributed by atoms with Crippen LogP contribution in [0.1, 0.15) is 62.0 Å². The number of nitrogens with one attached hydrogen (secondary N) is 1. The maximum atomic E-state index is 13.1. The van der Waals surface area contributed by atoms with Gasteiger partial charge in [-0.2, -0.15) is 0 Å². The number of rotatable bonds is 8. The lowest BCUT2D eigenvalue weighted by molar-refractivity contribution is -0.154. The highest BCUT2D eigenvalue weighted by molar-refractivity contribution is 5.95. The van der Waals surface area contributed by atoms with Crippen LogP contribution in [0.4, 0.5) is 0 Å². The second-order valence-corrected chi connectivity index (χ2v) is 12.0. The molecule has 2 saturated carbocycles. The lowest BCUT2D eigenvalue weighted by atomic mass is 9.69. The molecule has 6 heteroatoms. The summed E-state index contributed by atoms with van der Waals surface area (Å²) in [5.74, 6) is -0.426. The summed E-state index contributed by atoms with van der Waals surface area (Å²) in [6.07, 6.45) is 4.49. The molecule has 2 fully saturated rings. The summed E-state index contributed by atoms with van der Waals surface area (Å²) < 4.78 is 5.64. The molecule has 0 saturated heterocycles. The van der Waals surface area contributed by atoms with E-state index in [2.05, 4.69) is 32.2 Å². The largest absolute Gasteiger partial charge is 0.459 e. The lowest BCUT2D eigenvalue weighted by Gasteiger charge is -2.35. The van der Waals surface area contributed by atoms with Crippen molar-refractivity contribution in [2.75, 3.05) is 6.61 Å². The number of hydrogen-bond acceptors (Lipinski definition) is 5. The minimum Gasteiger partial charge on any atom is -0.459 e. The number of benzene rings is 2. The van der Waals surface area contributed by atoms with Gasteiger partial charge in [-0.25, -0.2) is 4.79 Å². The van der Waals surface area contributed by atoms with Crippen molar-refractivity contribution in [3.63, 3.8) is 0 Å². The molecule has 1 amide bonds. The molecule has 0 unspecified atom stereocenters. The Balaban J connectivity index is 1.33. The Labute approximate surface area is 218 Å². The Kier molecular flexibility index (Phi) is 6.35. The summed E-state index contributed by atoms with van der Waals surface area (Å²) in [5.41, 5.74) is 1.36. The zero-order valence-electron chi connectivity index (χ0n) is 21.6. The number of aldehydes is 1. The molecule has 0 radical (unpaired) electrons. The number of aliphatic hydroxyl groups is 1. The van der Waals surface area contributed by atoms with E-state index in [0.717, 1.165) is 31.1 Å². The normalized spacial score (nSPS) is 30.6. The van der Waals surface area contributed by atoms with Crippen LogP contribution in [0.3, 0.4) is 0 Å². The predicted octanol–water partition coefficient (Wildman–Crippen LogP) is 4.65. The molecule has 0 aromatic heterocycles. The molecule has 194 valence electrons. The molecule has 0 bridgehead atoms. The summed E-state index contributed by atoms with van der Waals surface area (Å²) in [5, 5.41) is 13.8. The molecule has 6 atom stereocenters. The zero-order chi connectivity index (χ0) is 26.4. The molecule has 5 rings (SSSR count). The van der Waals surface area contributed by atoms with Crippen LogP contribution in [0, 0.1) is 28.1 Å². The van der Waals surface area contributed by atoms with Crippen molar-refractivity contribution in [3.8, 4) is 0 Å². The second kappa shape index (κ2) is 9.25. The Hall–Kier alpha value is -3.25. The van der Waals surface area contributed by atoms with Crippen LogP contribution in [-0.4, -0.2) is 36.0 Å². The van der Waals surface area contributed by atoms with Gasteiger partial charge in [0.25, 0.3) is 5.91 Å². The zero-order valence-corrected chi connectivity index (χ0v) is 21.6. The maximum absolute atomic E-state index is 13.1. The number of esters is 1. The molecule has 0 heterocycles. The number of fused-ring (bicyclic) bond motifs is 3. The summed E-state index contributed by atoms with van der Waals surface area (Å²) in [7, 11) is 0. The minimum atomic E-state index is -1.62. The first-order valence-corrected chi connectivity index (χ1v) is 13.0. The van der Waals surface area contributed by atoms with Crippen LogP contribution in [0.15, 0.2) is 72.3 Å². The van der Waals surface area contributed by atoms with Gasteiger partial charge >= 0.3 is 5.97 Å². The van der Waals surface area contributed by atoms with Gasteiger partial charge in [-0.1, -0.05) is 75.4 Å². The Morgan fingerprint density at radius 3 is 2.35 bits per heavy atom. The van der Waals surface area contributed by atoms with E-state index in [-0.39, 0.29) is 17.4 Å². The van der Waals surface area contributed by atoms with E-state index in [4.69, 9.17) is 4.74 Å². The van der Waals surface area contributed by atoms with Gasteiger partial charge in [-0.15, -0.1) is 0 Å². The van der Waals surface area contributed by atoms with E-state index in [1.165, 1.54) is 0 Å². The number of aliphatic hydroxyl groups excluding tert-OH is 1. The quantitative estimate of drug-likeness (QED) is 0.312. The fraction of sp³-hybridized carbons (Fsp3) is 0.452. The third kappa shape index (κ3) is 4.42. The van der Waals surface area contributed by atoms with E-state index < -0.39 is 29.4 Å². The van der Waals surface area contributed by atoms with Gasteiger partial charge < -0.3 is 20.0 Å². The minimum absolute atomic E-state index is 0.0397. The van der Waals surface area contributed by atoms with Gasteiger partial charge in [0.1, 0.15) is 12.9 Å². The average molecular weight is 502 g/mol. The highest BCUT2D eigenvalue weighted by atomic mass is 16.5. The number of ether oxygens (including phenoxy) is 1. The van der Waals surface area contributed by atoms with Gasteiger partial charge in [0.15, 0.2) is 6.10 Å². The third-order valence-corrected chi connectivity index (χ3v) is 9.03. The molecule has 37 heavy (non-hydrogen) atoms. The van der Waals surface area contributed by atoms with Crippen molar-refractivity contribution in [1.82, 2.24) is 5.32 Å². The standard InChI is InChI=1S/C31H35NO5/c1-29(2)15-22-14-23(31(19-33)18-30(31,3)24(22)16-29)17-37-28(36)26(34)25(20-10-6-4-7-11-20)32-27(35)21-12-8-5-9-13-21/h4-14,19,22,24-26,34H,15-18H2,1-3H3,(H,32,35)/t22-,24+,25+,26-,30-,31-/m1/s1. The van der Waals surface area contributed by atoms with E-state index in [0.29, 0.717) is 23.0 Å². The predicted molar refractivity (Wildman–Crippen MR) is 139 cm³/mol. The molecular formula is C31H35NO5. The van der Waals surface area contributed by atoms with Crippen LogP contribution in [0.2, 0.25) is 0 Å². The van der Waals surface area contributed by atoms with Gasteiger partial charge in [0.2, 0.25) is 0 Å². The number of hydrogen-bond donors (Lipinski definition) is 2. The fourth-order valence-corrected chi connectivity index (χ4v) is 6.99. The average Bonchev–Trinajstić information content (AvgIpc) is 3.42. The first-order valence-electron chi connectivity index (χ1n) is 13.0. The van der Waals surface area contributed by atoms with Gasteiger partial charge in [-0.05, 0) is 65.2 Å². The summed E-state index contributed by atoms with van der Waals surface area (Å²) in [6.45, 7) is 6.70. The van der Waals surface area contributed by atoms with Gasteiger partial charge in [0, 0.05) is 5.56 Å². The van der Waals surface area contributed by atoms with Crippen LogP contribution in [0.25, 0.3) is 0 Å². The Bertz CT molecular complexity index is 1220. The van der Waals surface area contributed by atoms with Crippen LogP contribution in [0.5, 0.6) is 0 Å². The van der Waals surface area contributed by atoms with Gasteiger partial charge in [0.05, 0.1) is 11.5 Å². The molecule has 6 nitrogen and oxygen atoms in total. The number of amides is 1. The van der Waals surface area contributed by atoms with Crippen LogP contribution in [-0.2, 0) is 14.3 Å². The van der Waals surface area contributed by atoms with E-state index in [1.807, 2.05) is 12.1 Å². The third-order valence-electron chi connectivity index (χ3n) is 9.03. The Morgan fingerprint density at radius 1 is 1.05 bits per heavy atom. The number of carbonyl (C=O) groups excluding carboxylic acids is 3.